The van der Waals surface area contributed by atoms with Crippen LogP contribution in [0, 0.1) is 0 Å². The Bertz CT molecular complexity index is 1380. The number of fused-ring (bicyclic) bond motifs is 1. The van der Waals surface area contributed by atoms with Crippen LogP contribution in [0.25, 0.3) is 6.08 Å². The summed E-state index contributed by atoms with van der Waals surface area (Å²) >= 11 is 0. The Kier molecular flexibility index (Phi) is 6.07. The van der Waals surface area contributed by atoms with Gasteiger partial charge in [0.15, 0.2) is 11.5 Å². The maximum Gasteiger partial charge on any atom is 0.253 e. The number of nitrogens with two attached hydrogens (primary N) is 1. The summed E-state index contributed by atoms with van der Waals surface area (Å²) in [5, 5.41) is 0. The standard InChI is InChI=1S/C26H23N5O5/c1-35-21-9-10-28-26(29-21)31-13-11-30(12-14-31)25(34)17-7-5-16(6-8-17)15-20-22(32)18-3-2-4-19(24(27)33)23(18)36-20/h2-10,15H,11-14H2,1H3,(H2,27,33)/b20-15-. The average molecular weight is 486 g/mol. The van der Waals surface area contributed by atoms with Crippen LogP contribution in [0.1, 0.15) is 36.6 Å². The number of nitrogens with zero attached hydrogens (tertiary/aromatic N) is 4. The molecule has 1 saturated heterocycles. The lowest BCUT2D eigenvalue weighted by atomic mass is 10.0. The number of aromatic nitrogens is 2. The molecule has 2 amide bonds. The maximum atomic E-state index is 13.0. The predicted molar refractivity (Wildman–Crippen MR) is 131 cm³/mol. The van der Waals surface area contributed by atoms with Gasteiger partial charge < -0.3 is 25.0 Å². The van der Waals surface area contributed by atoms with Gasteiger partial charge >= 0.3 is 0 Å². The van der Waals surface area contributed by atoms with Crippen molar-refractivity contribution in [2.24, 2.45) is 5.73 Å². The highest BCUT2D eigenvalue weighted by Crippen LogP contribution is 2.35. The highest BCUT2D eigenvalue weighted by molar-refractivity contribution is 6.16. The monoisotopic (exact) mass is 485 g/mol. The normalized spacial score (nSPS) is 16.0. The van der Waals surface area contributed by atoms with E-state index in [1.54, 1.807) is 66.7 Å². The molecule has 10 nitrogen and oxygen atoms in total. The fourth-order valence-corrected chi connectivity index (χ4v) is 4.17. The number of Topliss-reactive ketones (excluding diaryl/α,β-unsaturated/α-hetero) is 1. The van der Waals surface area contributed by atoms with Gasteiger partial charge in [0.2, 0.25) is 17.6 Å². The molecule has 2 aliphatic rings. The zero-order valence-corrected chi connectivity index (χ0v) is 19.5. The minimum atomic E-state index is -0.666. The van der Waals surface area contributed by atoms with Gasteiger partial charge in [-0.25, -0.2) is 4.98 Å². The highest BCUT2D eigenvalue weighted by atomic mass is 16.5. The van der Waals surface area contributed by atoms with E-state index in [4.69, 9.17) is 15.2 Å². The van der Waals surface area contributed by atoms with Crippen LogP contribution in [0.15, 0.2) is 60.5 Å². The number of carbonyl (C=O) groups is 3. The molecule has 2 aliphatic heterocycles. The minimum Gasteiger partial charge on any atom is -0.481 e. The Balaban J connectivity index is 1.24. The number of hydrogen-bond donors (Lipinski definition) is 1. The van der Waals surface area contributed by atoms with Crippen LogP contribution in [0.3, 0.4) is 0 Å². The molecule has 2 aromatic carbocycles. The van der Waals surface area contributed by atoms with E-state index in [-0.39, 0.29) is 28.8 Å². The summed E-state index contributed by atoms with van der Waals surface area (Å²) in [6.45, 7) is 2.29. The first kappa shape index (κ1) is 23.0. The number of amides is 2. The number of hydrogen-bond acceptors (Lipinski definition) is 8. The fourth-order valence-electron chi connectivity index (χ4n) is 4.17. The van der Waals surface area contributed by atoms with Crippen molar-refractivity contribution in [3.05, 3.63) is 82.7 Å². The third kappa shape index (κ3) is 4.36. The molecule has 3 aromatic rings. The predicted octanol–water partition coefficient (Wildman–Crippen LogP) is 2.16. The van der Waals surface area contributed by atoms with E-state index in [1.165, 1.54) is 6.07 Å². The molecule has 2 N–H and O–H groups in total. The lowest BCUT2D eigenvalue weighted by Crippen LogP contribution is -2.49. The molecular weight excluding hydrogens is 462 g/mol. The van der Waals surface area contributed by atoms with E-state index in [0.29, 0.717) is 54.7 Å². The number of allylic oxidation sites excluding steroid dienone is 1. The average Bonchev–Trinajstić information content (AvgIpc) is 3.23. The highest BCUT2D eigenvalue weighted by Gasteiger charge is 2.31. The van der Waals surface area contributed by atoms with E-state index >= 15 is 0 Å². The van der Waals surface area contributed by atoms with Gasteiger partial charge in [0, 0.05) is 44.0 Å². The molecule has 0 bridgehead atoms. The van der Waals surface area contributed by atoms with Crippen molar-refractivity contribution in [1.82, 2.24) is 14.9 Å². The van der Waals surface area contributed by atoms with Crippen molar-refractivity contribution in [2.75, 3.05) is 38.2 Å². The van der Waals surface area contributed by atoms with E-state index in [1.807, 2.05) is 4.90 Å². The van der Waals surface area contributed by atoms with Gasteiger partial charge in [0.25, 0.3) is 11.8 Å². The Morgan fingerprint density at radius 2 is 1.81 bits per heavy atom. The topological polar surface area (TPSA) is 128 Å². The summed E-state index contributed by atoms with van der Waals surface area (Å²) in [4.78, 5) is 49.8. The van der Waals surface area contributed by atoms with Gasteiger partial charge in [-0.3, -0.25) is 14.4 Å². The second kappa shape index (κ2) is 9.49. The molecule has 10 heteroatoms. The van der Waals surface area contributed by atoms with Crippen molar-refractivity contribution in [2.45, 2.75) is 0 Å². The molecule has 3 heterocycles. The number of anilines is 1. The molecule has 0 saturated carbocycles. The number of benzene rings is 2. The van der Waals surface area contributed by atoms with Crippen LogP contribution in [0.5, 0.6) is 11.6 Å². The molecule has 0 spiro atoms. The van der Waals surface area contributed by atoms with Gasteiger partial charge in [0.1, 0.15) is 0 Å². The molecule has 182 valence electrons. The zero-order valence-electron chi connectivity index (χ0n) is 19.5. The summed E-state index contributed by atoms with van der Waals surface area (Å²) in [7, 11) is 1.56. The number of ketones is 1. The first-order valence-electron chi connectivity index (χ1n) is 11.3. The van der Waals surface area contributed by atoms with Crippen LogP contribution in [-0.4, -0.2) is 65.8 Å². The summed E-state index contributed by atoms with van der Waals surface area (Å²) in [6, 6.07) is 13.3. The molecular formula is C26H23N5O5. The van der Waals surface area contributed by atoms with Crippen LogP contribution < -0.4 is 20.1 Å². The van der Waals surface area contributed by atoms with Gasteiger partial charge in [-0.1, -0.05) is 18.2 Å². The quantitative estimate of drug-likeness (QED) is 0.545. The van der Waals surface area contributed by atoms with Gasteiger partial charge in [-0.05, 0) is 35.9 Å². The summed E-state index contributed by atoms with van der Waals surface area (Å²) in [5.41, 5.74) is 7.06. The van der Waals surface area contributed by atoms with Gasteiger partial charge in [-0.2, -0.15) is 4.98 Å². The van der Waals surface area contributed by atoms with E-state index in [0.717, 1.165) is 0 Å². The number of methoxy groups -OCH3 is 1. The van der Waals surface area contributed by atoms with Crippen molar-refractivity contribution >= 4 is 29.6 Å². The number of ether oxygens (including phenoxy) is 2. The van der Waals surface area contributed by atoms with Gasteiger partial charge in [-0.15, -0.1) is 0 Å². The first-order chi connectivity index (χ1) is 17.4. The third-order valence-electron chi connectivity index (χ3n) is 6.09. The first-order valence-corrected chi connectivity index (χ1v) is 11.3. The molecule has 0 unspecified atom stereocenters. The molecule has 0 aliphatic carbocycles. The Hall–Kier alpha value is -4.73. The molecule has 0 atom stereocenters. The summed E-state index contributed by atoms with van der Waals surface area (Å²) < 4.78 is 10.8. The van der Waals surface area contributed by atoms with E-state index in [9.17, 15) is 14.4 Å². The smallest absolute Gasteiger partial charge is 0.253 e. The van der Waals surface area contributed by atoms with Crippen molar-refractivity contribution in [1.29, 1.82) is 0 Å². The van der Waals surface area contributed by atoms with Crippen LogP contribution in [-0.2, 0) is 0 Å². The summed E-state index contributed by atoms with van der Waals surface area (Å²) in [5.74, 6) is 0.266. The van der Waals surface area contributed by atoms with E-state index in [2.05, 4.69) is 9.97 Å². The maximum absolute atomic E-state index is 13.0. The minimum absolute atomic E-state index is 0.0767. The molecule has 0 radical (unpaired) electrons. The largest absolute Gasteiger partial charge is 0.481 e. The molecule has 1 fully saturated rings. The van der Waals surface area contributed by atoms with Crippen LogP contribution in [0.2, 0.25) is 0 Å². The number of rotatable bonds is 5. The third-order valence-corrected chi connectivity index (χ3v) is 6.09. The lowest BCUT2D eigenvalue weighted by molar-refractivity contribution is 0.0745. The Labute approximate surface area is 207 Å². The van der Waals surface area contributed by atoms with Crippen molar-refractivity contribution < 1.29 is 23.9 Å². The molecule has 1 aromatic heterocycles. The van der Waals surface area contributed by atoms with Crippen LogP contribution >= 0.6 is 0 Å². The SMILES string of the molecule is COc1ccnc(N2CCN(C(=O)c3ccc(/C=C4\Oc5c(C(N)=O)cccc5C4=O)cc3)CC2)n1. The number of para-hydroxylation sites is 1. The zero-order chi connectivity index (χ0) is 25.2. The fraction of sp³-hybridized carbons (Fsp3) is 0.192. The second-order valence-corrected chi connectivity index (χ2v) is 8.29. The summed E-state index contributed by atoms with van der Waals surface area (Å²) in [6.07, 6.45) is 3.23. The molecule has 5 rings (SSSR count). The van der Waals surface area contributed by atoms with Crippen LogP contribution in [0.4, 0.5) is 5.95 Å². The molecule has 36 heavy (non-hydrogen) atoms. The number of carbonyl (C=O) groups excluding carboxylic acids is 3. The van der Waals surface area contributed by atoms with E-state index < -0.39 is 5.91 Å². The van der Waals surface area contributed by atoms with Crippen molar-refractivity contribution in [3.63, 3.8) is 0 Å². The second-order valence-electron chi connectivity index (χ2n) is 8.29. The Morgan fingerprint density at radius 3 is 2.50 bits per heavy atom. The van der Waals surface area contributed by atoms with Gasteiger partial charge in [0.05, 0.1) is 18.2 Å². The lowest BCUT2D eigenvalue weighted by Gasteiger charge is -2.34. The number of primary amides is 1. The Morgan fingerprint density at radius 1 is 1.06 bits per heavy atom. The number of piperazine rings is 1. The van der Waals surface area contributed by atoms with Crippen molar-refractivity contribution in [3.8, 4) is 11.6 Å².